The Labute approximate surface area is 186 Å². The maximum Gasteiger partial charge on any atom is 0.349 e. The molecule has 1 aliphatic heterocycles. The second kappa shape index (κ2) is 8.67. The minimum atomic E-state index is -0.404. The van der Waals surface area contributed by atoms with E-state index in [1.54, 1.807) is 0 Å². The van der Waals surface area contributed by atoms with Gasteiger partial charge in [-0.1, -0.05) is 66.7 Å². The molecule has 0 atom stereocenters. The van der Waals surface area contributed by atoms with Crippen molar-refractivity contribution in [2.75, 3.05) is 31.1 Å². The van der Waals surface area contributed by atoms with E-state index in [2.05, 4.69) is 22.0 Å². The Morgan fingerprint density at radius 2 is 1.41 bits per heavy atom. The van der Waals surface area contributed by atoms with E-state index in [0.717, 1.165) is 29.6 Å². The summed E-state index contributed by atoms with van der Waals surface area (Å²) in [5.74, 6) is -0.0563. The third kappa shape index (κ3) is 3.87. The third-order valence-corrected chi connectivity index (χ3v) is 5.98. The van der Waals surface area contributed by atoms with Gasteiger partial charge >= 0.3 is 5.69 Å². The van der Waals surface area contributed by atoms with Gasteiger partial charge in [0.15, 0.2) is 0 Å². The lowest BCUT2D eigenvalue weighted by atomic mass is 10.1. The summed E-state index contributed by atoms with van der Waals surface area (Å²) in [7, 11) is 0. The van der Waals surface area contributed by atoms with Gasteiger partial charge in [-0.25, -0.2) is 4.79 Å². The molecule has 32 heavy (non-hydrogen) atoms. The van der Waals surface area contributed by atoms with Gasteiger partial charge in [0.05, 0.1) is 11.2 Å². The second-order valence-corrected chi connectivity index (χ2v) is 7.92. The smallest absolute Gasteiger partial charge is 0.349 e. The Morgan fingerprint density at radius 1 is 0.781 bits per heavy atom. The molecule has 1 saturated heterocycles. The number of rotatable bonds is 4. The van der Waals surface area contributed by atoms with Crippen molar-refractivity contribution in [2.45, 2.75) is 6.54 Å². The summed E-state index contributed by atoms with van der Waals surface area (Å²) in [4.78, 5) is 34.5. The number of hydrogen-bond acceptors (Lipinski definition) is 4. The molecule has 5 rings (SSSR count). The number of anilines is 1. The van der Waals surface area contributed by atoms with Crippen LogP contribution in [-0.2, 0) is 11.3 Å². The van der Waals surface area contributed by atoms with Crippen molar-refractivity contribution in [3.63, 3.8) is 0 Å². The Balaban J connectivity index is 1.39. The fourth-order valence-electron chi connectivity index (χ4n) is 4.29. The SMILES string of the molecule is O=C(Cn1c(=O)nc(-c2ccccc2)c2ccccc21)N1CCN(c2ccccc2)CC1. The van der Waals surface area contributed by atoms with E-state index in [0.29, 0.717) is 18.8 Å². The van der Waals surface area contributed by atoms with Gasteiger partial charge in [-0.2, -0.15) is 4.98 Å². The average molecular weight is 425 g/mol. The molecule has 1 amide bonds. The van der Waals surface area contributed by atoms with Gasteiger partial charge in [0.25, 0.3) is 0 Å². The second-order valence-electron chi connectivity index (χ2n) is 7.92. The number of piperazine rings is 1. The molecule has 0 spiro atoms. The van der Waals surface area contributed by atoms with E-state index in [-0.39, 0.29) is 12.5 Å². The predicted octanol–water partition coefficient (Wildman–Crippen LogP) is 3.41. The summed E-state index contributed by atoms with van der Waals surface area (Å²) in [6.45, 7) is 2.81. The molecule has 2 heterocycles. The highest BCUT2D eigenvalue weighted by atomic mass is 16.2. The van der Waals surface area contributed by atoms with Crippen LogP contribution in [0.4, 0.5) is 5.69 Å². The van der Waals surface area contributed by atoms with Gasteiger partial charge < -0.3 is 9.80 Å². The van der Waals surface area contributed by atoms with Gasteiger partial charge in [-0.15, -0.1) is 0 Å². The van der Waals surface area contributed by atoms with Crippen LogP contribution >= 0.6 is 0 Å². The lowest BCUT2D eigenvalue weighted by molar-refractivity contribution is -0.132. The van der Waals surface area contributed by atoms with E-state index < -0.39 is 5.69 Å². The van der Waals surface area contributed by atoms with E-state index >= 15 is 0 Å². The predicted molar refractivity (Wildman–Crippen MR) is 127 cm³/mol. The van der Waals surface area contributed by atoms with Crippen LogP contribution < -0.4 is 10.6 Å². The highest BCUT2D eigenvalue weighted by molar-refractivity contribution is 5.93. The van der Waals surface area contributed by atoms with Gasteiger partial charge in [-0.3, -0.25) is 9.36 Å². The van der Waals surface area contributed by atoms with Crippen LogP contribution in [0.25, 0.3) is 22.2 Å². The Hall–Kier alpha value is -3.93. The fourth-order valence-corrected chi connectivity index (χ4v) is 4.29. The van der Waals surface area contributed by atoms with Crippen LogP contribution in [0.1, 0.15) is 0 Å². The average Bonchev–Trinajstić information content (AvgIpc) is 2.86. The lowest BCUT2D eigenvalue weighted by Gasteiger charge is -2.36. The summed E-state index contributed by atoms with van der Waals surface area (Å²) in [6, 6.07) is 27.5. The zero-order valence-electron chi connectivity index (χ0n) is 17.7. The number of aromatic nitrogens is 2. The van der Waals surface area contributed by atoms with Crippen LogP contribution in [-0.4, -0.2) is 46.5 Å². The summed E-state index contributed by atoms with van der Waals surface area (Å²) in [5, 5.41) is 0.861. The minimum Gasteiger partial charge on any atom is -0.368 e. The standard InChI is InChI=1S/C26H24N4O2/c31-24(29-17-15-28(16-18-29)21-11-5-2-6-12-21)19-30-23-14-8-7-13-22(23)25(27-26(30)32)20-9-3-1-4-10-20/h1-14H,15-19H2. The molecule has 0 N–H and O–H groups in total. The summed E-state index contributed by atoms with van der Waals surface area (Å²) in [6.07, 6.45) is 0. The molecule has 6 heteroatoms. The monoisotopic (exact) mass is 424 g/mol. The van der Waals surface area contributed by atoms with Crippen molar-refractivity contribution < 1.29 is 4.79 Å². The molecule has 1 fully saturated rings. The molecule has 0 aliphatic carbocycles. The largest absolute Gasteiger partial charge is 0.368 e. The number of benzene rings is 3. The molecule has 0 saturated carbocycles. The Morgan fingerprint density at radius 3 is 2.12 bits per heavy atom. The lowest BCUT2D eigenvalue weighted by Crippen LogP contribution is -2.50. The molecule has 1 aromatic heterocycles. The molecule has 6 nitrogen and oxygen atoms in total. The maximum absolute atomic E-state index is 13.1. The third-order valence-electron chi connectivity index (χ3n) is 5.98. The molecule has 4 aromatic rings. The van der Waals surface area contributed by atoms with Crippen molar-refractivity contribution in [1.29, 1.82) is 0 Å². The van der Waals surface area contributed by atoms with E-state index in [9.17, 15) is 9.59 Å². The highest BCUT2D eigenvalue weighted by Crippen LogP contribution is 2.25. The maximum atomic E-state index is 13.1. The van der Waals surface area contributed by atoms with Crippen molar-refractivity contribution in [3.8, 4) is 11.3 Å². The van der Waals surface area contributed by atoms with Crippen molar-refractivity contribution >= 4 is 22.5 Å². The van der Waals surface area contributed by atoms with Gasteiger partial charge in [0, 0.05) is 42.8 Å². The number of hydrogen-bond donors (Lipinski definition) is 0. The van der Waals surface area contributed by atoms with Crippen LogP contribution in [0.2, 0.25) is 0 Å². The first kappa shape index (κ1) is 20.0. The first-order valence-corrected chi connectivity index (χ1v) is 10.8. The number of amides is 1. The summed E-state index contributed by atoms with van der Waals surface area (Å²) < 4.78 is 1.49. The summed E-state index contributed by atoms with van der Waals surface area (Å²) >= 11 is 0. The zero-order chi connectivity index (χ0) is 21.9. The number of para-hydroxylation sites is 2. The molecule has 160 valence electrons. The number of nitrogens with zero attached hydrogens (tertiary/aromatic N) is 4. The first-order valence-electron chi connectivity index (χ1n) is 10.8. The quantitative estimate of drug-likeness (QED) is 0.504. The number of fused-ring (bicyclic) bond motifs is 1. The fraction of sp³-hybridized carbons (Fsp3) is 0.192. The number of carbonyl (C=O) groups excluding carboxylic acids is 1. The highest BCUT2D eigenvalue weighted by Gasteiger charge is 2.23. The Kier molecular flexibility index (Phi) is 5.42. The minimum absolute atomic E-state index is 0.00719. The van der Waals surface area contributed by atoms with Crippen molar-refractivity contribution in [2.24, 2.45) is 0 Å². The van der Waals surface area contributed by atoms with Gasteiger partial charge in [0.1, 0.15) is 6.54 Å². The van der Waals surface area contributed by atoms with E-state index in [4.69, 9.17) is 0 Å². The zero-order valence-corrected chi connectivity index (χ0v) is 17.7. The van der Waals surface area contributed by atoms with Crippen molar-refractivity contribution in [3.05, 3.63) is 95.4 Å². The van der Waals surface area contributed by atoms with Gasteiger partial charge in [0.2, 0.25) is 5.91 Å². The molecular formula is C26H24N4O2. The van der Waals surface area contributed by atoms with Crippen LogP contribution in [0.3, 0.4) is 0 Å². The first-order chi connectivity index (χ1) is 15.7. The van der Waals surface area contributed by atoms with Crippen molar-refractivity contribution in [1.82, 2.24) is 14.5 Å². The van der Waals surface area contributed by atoms with Crippen LogP contribution in [0, 0.1) is 0 Å². The van der Waals surface area contributed by atoms with E-state index in [1.807, 2.05) is 77.7 Å². The molecule has 0 bridgehead atoms. The van der Waals surface area contributed by atoms with Crippen LogP contribution in [0.15, 0.2) is 89.7 Å². The van der Waals surface area contributed by atoms with Gasteiger partial charge in [-0.05, 0) is 18.2 Å². The molecule has 1 aliphatic rings. The Bertz CT molecular complexity index is 1290. The number of carbonyl (C=O) groups is 1. The topological polar surface area (TPSA) is 58.4 Å². The molecule has 0 radical (unpaired) electrons. The summed E-state index contributed by atoms with van der Waals surface area (Å²) in [5.41, 5.74) is 3.02. The normalized spacial score (nSPS) is 14.0. The van der Waals surface area contributed by atoms with Crippen LogP contribution in [0.5, 0.6) is 0 Å². The molecule has 3 aromatic carbocycles. The molecular weight excluding hydrogens is 400 g/mol. The molecule has 0 unspecified atom stereocenters. The van der Waals surface area contributed by atoms with E-state index in [1.165, 1.54) is 10.3 Å².